The largest absolute Gasteiger partial charge is 0.368 e. The highest BCUT2D eigenvalue weighted by Gasteiger charge is 2.23. The first-order chi connectivity index (χ1) is 10.1. The molecule has 5 heteroatoms. The molecule has 0 bridgehead atoms. The van der Waals surface area contributed by atoms with Crippen LogP contribution in [-0.2, 0) is 7.05 Å². The smallest absolute Gasteiger partial charge is 0.272 e. The molecular formula is C16H20N4O. The molecule has 1 amide bonds. The molecule has 110 valence electrons. The minimum Gasteiger partial charge on any atom is -0.368 e. The molecule has 1 saturated heterocycles. The summed E-state index contributed by atoms with van der Waals surface area (Å²) < 4.78 is 1.63. The third-order valence-electron chi connectivity index (χ3n) is 3.97. The van der Waals surface area contributed by atoms with Gasteiger partial charge < -0.3 is 9.80 Å². The molecule has 0 spiro atoms. The van der Waals surface area contributed by atoms with Crippen LogP contribution in [0, 0.1) is 6.92 Å². The van der Waals surface area contributed by atoms with E-state index >= 15 is 0 Å². The summed E-state index contributed by atoms with van der Waals surface area (Å²) in [4.78, 5) is 16.7. The minimum absolute atomic E-state index is 0.0684. The molecule has 1 aromatic heterocycles. The molecule has 0 saturated carbocycles. The molecule has 0 aliphatic carbocycles. The topological polar surface area (TPSA) is 41.4 Å². The van der Waals surface area contributed by atoms with Crippen molar-refractivity contribution in [3.63, 3.8) is 0 Å². The molecule has 3 rings (SSSR count). The molecule has 1 aliphatic rings. The first kappa shape index (κ1) is 13.7. The second-order valence-electron chi connectivity index (χ2n) is 5.46. The van der Waals surface area contributed by atoms with Gasteiger partial charge in [0.25, 0.3) is 5.91 Å². The predicted octanol–water partition coefficient (Wildman–Crippen LogP) is 1.69. The van der Waals surface area contributed by atoms with Crippen LogP contribution in [0.3, 0.4) is 0 Å². The molecule has 0 radical (unpaired) electrons. The van der Waals surface area contributed by atoms with Crippen LogP contribution in [0.15, 0.2) is 36.5 Å². The van der Waals surface area contributed by atoms with Gasteiger partial charge in [-0.15, -0.1) is 0 Å². The second kappa shape index (κ2) is 5.60. The maximum atomic E-state index is 12.4. The zero-order valence-electron chi connectivity index (χ0n) is 12.5. The lowest BCUT2D eigenvalue weighted by Gasteiger charge is -2.36. The summed E-state index contributed by atoms with van der Waals surface area (Å²) >= 11 is 0. The van der Waals surface area contributed by atoms with Crippen molar-refractivity contribution >= 4 is 11.6 Å². The highest BCUT2D eigenvalue weighted by atomic mass is 16.2. The number of aryl methyl sites for hydroxylation is 2. The van der Waals surface area contributed by atoms with Crippen LogP contribution in [-0.4, -0.2) is 46.8 Å². The van der Waals surface area contributed by atoms with Crippen LogP contribution >= 0.6 is 0 Å². The van der Waals surface area contributed by atoms with E-state index < -0.39 is 0 Å². The lowest BCUT2D eigenvalue weighted by atomic mass is 10.2. The average molecular weight is 284 g/mol. The monoisotopic (exact) mass is 284 g/mol. The van der Waals surface area contributed by atoms with E-state index in [4.69, 9.17) is 0 Å². The van der Waals surface area contributed by atoms with Crippen LogP contribution in [0.25, 0.3) is 0 Å². The fourth-order valence-electron chi connectivity index (χ4n) is 2.74. The molecule has 21 heavy (non-hydrogen) atoms. The third kappa shape index (κ3) is 2.77. The lowest BCUT2D eigenvalue weighted by Crippen LogP contribution is -2.49. The second-order valence-corrected chi connectivity index (χ2v) is 5.46. The first-order valence-electron chi connectivity index (χ1n) is 7.24. The number of benzene rings is 1. The molecular weight excluding hydrogens is 264 g/mol. The third-order valence-corrected chi connectivity index (χ3v) is 3.97. The summed E-state index contributed by atoms with van der Waals surface area (Å²) in [6.07, 6.45) is 1.66. The number of hydrogen-bond acceptors (Lipinski definition) is 3. The molecule has 2 aromatic rings. The zero-order chi connectivity index (χ0) is 14.8. The van der Waals surface area contributed by atoms with Crippen molar-refractivity contribution in [1.82, 2.24) is 14.7 Å². The van der Waals surface area contributed by atoms with E-state index in [1.807, 2.05) is 4.90 Å². The van der Waals surface area contributed by atoms with Crippen LogP contribution in [0.4, 0.5) is 5.69 Å². The van der Waals surface area contributed by atoms with Gasteiger partial charge in [0.05, 0.1) is 0 Å². The summed E-state index contributed by atoms with van der Waals surface area (Å²) in [6, 6.07) is 10.3. The summed E-state index contributed by atoms with van der Waals surface area (Å²) in [6.45, 7) is 5.33. The number of carbonyl (C=O) groups is 1. The van der Waals surface area contributed by atoms with Gasteiger partial charge in [0.1, 0.15) is 5.69 Å². The first-order valence-corrected chi connectivity index (χ1v) is 7.24. The van der Waals surface area contributed by atoms with Crippen molar-refractivity contribution in [3.8, 4) is 0 Å². The molecule has 0 N–H and O–H groups in total. The van der Waals surface area contributed by atoms with Gasteiger partial charge in [-0.25, -0.2) is 0 Å². The number of rotatable bonds is 2. The quantitative estimate of drug-likeness (QED) is 0.842. The van der Waals surface area contributed by atoms with E-state index in [2.05, 4.69) is 41.2 Å². The Morgan fingerprint density at radius 3 is 2.52 bits per heavy atom. The number of carbonyl (C=O) groups excluding carboxylic acids is 1. The molecule has 0 atom stereocenters. The predicted molar refractivity (Wildman–Crippen MR) is 82.5 cm³/mol. The van der Waals surface area contributed by atoms with E-state index in [1.54, 1.807) is 24.0 Å². The van der Waals surface area contributed by atoms with Crippen molar-refractivity contribution < 1.29 is 4.79 Å². The SMILES string of the molecule is Cc1cccc(N2CCN(C(=O)c3ccnn3C)CC2)c1. The average Bonchev–Trinajstić information content (AvgIpc) is 2.93. The lowest BCUT2D eigenvalue weighted by molar-refractivity contribution is 0.0735. The van der Waals surface area contributed by atoms with E-state index in [0.717, 1.165) is 26.2 Å². The van der Waals surface area contributed by atoms with E-state index in [-0.39, 0.29) is 5.91 Å². The van der Waals surface area contributed by atoms with E-state index in [9.17, 15) is 4.79 Å². The Labute approximate surface area is 124 Å². The number of anilines is 1. The summed E-state index contributed by atoms with van der Waals surface area (Å²) in [5, 5.41) is 4.06. The number of amides is 1. The number of nitrogens with zero attached hydrogens (tertiary/aromatic N) is 4. The Hall–Kier alpha value is -2.30. The number of hydrogen-bond donors (Lipinski definition) is 0. The Bertz CT molecular complexity index is 641. The minimum atomic E-state index is 0.0684. The van der Waals surface area contributed by atoms with Crippen LogP contribution in [0.1, 0.15) is 16.1 Å². The molecule has 1 aromatic carbocycles. The Morgan fingerprint density at radius 1 is 1.14 bits per heavy atom. The van der Waals surface area contributed by atoms with Gasteiger partial charge in [0.15, 0.2) is 0 Å². The standard InChI is InChI=1S/C16H20N4O/c1-13-4-3-5-14(12-13)19-8-10-20(11-9-19)16(21)15-6-7-17-18(15)2/h3-7,12H,8-11H2,1-2H3. The molecule has 0 unspecified atom stereocenters. The van der Waals surface area contributed by atoms with Gasteiger partial charge in [-0.3, -0.25) is 9.48 Å². The van der Waals surface area contributed by atoms with Crippen LogP contribution in [0.2, 0.25) is 0 Å². The number of aromatic nitrogens is 2. The van der Waals surface area contributed by atoms with Gasteiger partial charge in [0, 0.05) is 45.1 Å². The van der Waals surface area contributed by atoms with Gasteiger partial charge in [0.2, 0.25) is 0 Å². The molecule has 1 aliphatic heterocycles. The highest BCUT2D eigenvalue weighted by molar-refractivity contribution is 5.92. The zero-order valence-corrected chi connectivity index (χ0v) is 12.5. The van der Waals surface area contributed by atoms with Gasteiger partial charge in [-0.1, -0.05) is 12.1 Å². The van der Waals surface area contributed by atoms with Crippen molar-refractivity contribution in [2.45, 2.75) is 6.92 Å². The fourth-order valence-corrected chi connectivity index (χ4v) is 2.74. The highest BCUT2D eigenvalue weighted by Crippen LogP contribution is 2.18. The summed E-state index contributed by atoms with van der Waals surface area (Å²) in [7, 11) is 1.80. The van der Waals surface area contributed by atoms with Crippen molar-refractivity contribution in [2.75, 3.05) is 31.1 Å². The van der Waals surface area contributed by atoms with Crippen LogP contribution < -0.4 is 4.90 Å². The van der Waals surface area contributed by atoms with Crippen LogP contribution in [0.5, 0.6) is 0 Å². The normalized spacial score (nSPS) is 15.3. The van der Waals surface area contributed by atoms with E-state index in [0.29, 0.717) is 5.69 Å². The Kier molecular flexibility index (Phi) is 3.64. The summed E-state index contributed by atoms with van der Waals surface area (Å²) in [5.74, 6) is 0.0684. The van der Waals surface area contributed by atoms with Crippen molar-refractivity contribution in [2.24, 2.45) is 7.05 Å². The van der Waals surface area contributed by atoms with Gasteiger partial charge in [-0.05, 0) is 30.7 Å². The fraction of sp³-hybridized carbons (Fsp3) is 0.375. The maximum absolute atomic E-state index is 12.4. The van der Waals surface area contributed by atoms with E-state index in [1.165, 1.54) is 11.3 Å². The van der Waals surface area contributed by atoms with Crippen molar-refractivity contribution in [1.29, 1.82) is 0 Å². The molecule has 5 nitrogen and oxygen atoms in total. The van der Waals surface area contributed by atoms with Gasteiger partial charge >= 0.3 is 0 Å². The number of piperazine rings is 1. The Balaban J connectivity index is 1.65. The molecule has 2 heterocycles. The molecule has 1 fully saturated rings. The summed E-state index contributed by atoms with van der Waals surface area (Å²) in [5.41, 5.74) is 3.16. The van der Waals surface area contributed by atoms with Gasteiger partial charge in [-0.2, -0.15) is 5.10 Å². The van der Waals surface area contributed by atoms with Crippen molar-refractivity contribution in [3.05, 3.63) is 47.8 Å². The Morgan fingerprint density at radius 2 is 1.90 bits per heavy atom. The maximum Gasteiger partial charge on any atom is 0.272 e.